The van der Waals surface area contributed by atoms with Gasteiger partial charge in [0.05, 0.1) is 11.4 Å². The van der Waals surface area contributed by atoms with E-state index in [0.717, 1.165) is 18.5 Å². The first-order valence-electron chi connectivity index (χ1n) is 8.40. The van der Waals surface area contributed by atoms with Crippen molar-refractivity contribution in [2.75, 3.05) is 0 Å². The second-order valence-corrected chi connectivity index (χ2v) is 6.30. The quantitative estimate of drug-likeness (QED) is 0.740. The Bertz CT molecular complexity index is 948. The Morgan fingerprint density at radius 3 is 2.62 bits per heavy atom. The second kappa shape index (κ2) is 6.59. The molecule has 0 unspecified atom stereocenters. The molecule has 26 heavy (non-hydrogen) atoms. The van der Waals surface area contributed by atoms with Crippen LogP contribution in [0.4, 0.5) is 4.39 Å². The van der Waals surface area contributed by atoms with E-state index >= 15 is 0 Å². The highest BCUT2D eigenvalue weighted by molar-refractivity contribution is 5.93. The predicted octanol–water partition coefficient (Wildman–Crippen LogP) is 2.92. The third kappa shape index (κ3) is 3.15. The van der Waals surface area contributed by atoms with Gasteiger partial charge in [-0.15, -0.1) is 5.10 Å². The molecule has 0 spiro atoms. The van der Waals surface area contributed by atoms with Crippen LogP contribution in [0.1, 0.15) is 40.5 Å². The Balaban J connectivity index is 1.59. The SMILES string of the molecule is O=C(NCc1ccccc1O)c1nnn(-c2ccc(F)cc2)c1C1CC1. The van der Waals surface area contributed by atoms with E-state index in [9.17, 15) is 14.3 Å². The fraction of sp³-hybridized carbons (Fsp3) is 0.211. The number of nitrogens with zero attached hydrogens (tertiary/aromatic N) is 3. The van der Waals surface area contributed by atoms with Crippen molar-refractivity contribution in [1.29, 1.82) is 0 Å². The molecular weight excluding hydrogens is 335 g/mol. The molecule has 0 aliphatic heterocycles. The van der Waals surface area contributed by atoms with Gasteiger partial charge in [-0.05, 0) is 43.2 Å². The van der Waals surface area contributed by atoms with E-state index < -0.39 is 0 Å². The molecule has 1 aliphatic carbocycles. The Kier molecular flexibility index (Phi) is 4.12. The van der Waals surface area contributed by atoms with E-state index in [2.05, 4.69) is 15.6 Å². The summed E-state index contributed by atoms with van der Waals surface area (Å²) >= 11 is 0. The number of carbonyl (C=O) groups is 1. The molecule has 0 radical (unpaired) electrons. The summed E-state index contributed by atoms with van der Waals surface area (Å²) in [5, 5.41) is 20.7. The van der Waals surface area contributed by atoms with Crippen LogP contribution in [0.25, 0.3) is 5.69 Å². The van der Waals surface area contributed by atoms with Gasteiger partial charge < -0.3 is 10.4 Å². The van der Waals surface area contributed by atoms with Gasteiger partial charge in [-0.25, -0.2) is 9.07 Å². The number of benzene rings is 2. The predicted molar refractivity (Wildman–Crippen MR) is 92.6 cm³/mol. The first kappa shape index (κ1) is 16.3. The zero-order valence-electron chi connectivity index (χ0n) is 13.9. The smallest absolute Gasteiger partial charge is 0.274 e. The minimum Gasteiger partial charge on any atom is -0.508 e. The van der Waals surface area contributed by atoms with Crippen LogP contribution in [0.2, 0.25) is 0 Å². The van der Waals surface area contributed by atoms with Crippen LogP contribution in [-0.2, 0) is 6.54 Å². The topological polar surface area (TPSA) is 80.0 Å². The van der Waals surface area contributed by atoms with Crippen LogP contribution in [0.3, 0.4) is 0 Å². The van der Waals surface area contributed by atoms with E-state index in [1.54, 1.807) is 41.1 Å². The number of aromatic hydroxyl groups is 1. The maximum absolute atomic E-state index is 13.2. The minimum atomic E-state index is -0.344. The summed E-state index contributed by atoms with van der Waals surface area (Å²) < 4.78 is 14.8. The molecular formula is C19H17FN4O2. The van der Waals surface area contributed by atoms with Crippen LogP contribution >= 0.6 is 0 Å². The van der Waals surface area contributed by atoms with Crippen LogP contribution in [0.15, 0.2) is 48.5 Å². The maximum atomic E-state index is 13.2. The van der Waals surface area contributed by atoms with Gasteiger partial charge in [0.15, 0.2) is 5.69 Å². The minimum absolute atomic E-state index is 0.130. The molecule has 1 aliphatic rings. The van der Waals surface area contributed by atoms with Crippen molar-refractivity contribution in [2.45, 2.75) is 25.3 Å². The summed E-state index contributed by atoms with van der Waals surface area (Å²) in [5.74, 6) is -0.322. The van der Waals surface area contributed by atoms with Gasteiger partial charge in [-0.1, -0.05) is 23.4 Å². The van der Waals surface area contributed by atoms with Crippen molar-refractivity contribution >= 4 is 5.91 Å². The molecule has 132 valence electrons. The van der Waals surface area contributed by atoms with Gasteiger partial charge in [-0.3, -0.25) is 4.79 Å². The lowest BCUT2D eigenvalue weighted by Crippen LogP contribution is -2.24. The molecule has 4 rings (SSSR count). The monoisotopic (exact) mass is 352 g/mol. The molecule has 7 heteroatoms. The standard InChI is InChI=1S/C19H17FN4O2/c20-14-7-9-15(10-8-14)24-18(12-5-6-12)17(22-23-24)19(26)21-11-13-3-1-2-4-16(13)25/h1-4,7-10,12,25H,5-6,11H2,(H,21,26). The maximum Gasteiger partial charge on any atom is 0.274 e. The van der Waals surface area contributed by atoms with E-state index in [1.165, 1.54) is 12.1 Å². The van der Waals surface area contributed by atoms with Crippen molar-refractivity contribution in [3.05, 3.63) is 71.3 Å². The van der Waals surface area contributed by atoms with Crippen LogP contribution in [-0.4, -0.2) is 26.0 Å². The number of carbonyl (C=O) groups excluding carboxylic acids is 1. The van der Waals surface area contributed by atoms with E-state index in [1.807, 2.05) is 0 Å². The highest BCUT2D eigenvalue weighted by atomic mass is 19.1. The van der Waals surface area contributed by atoms with Crippen LogP contribution in [0, 0.1) is 5.82 Å². The highest BCUT2D eigenvalue weighted by Gasteiger charge is 2.34. The van der Waals surface area contributed by atoms with Gasteiger partial charge in [0, 0.05) is 18.0 Å². The zero-order chi connectivity index (χ0) is 18.1. The number of hydrogen-bond acceptors (Lipinski definition) is 4. The average molecular weight is 352 g/mol. The Morgan fingerprint density at radius 2 is 1.92 bits per heavy atom. The van der Waals surface area contributed by atoms with Crippen LogP contribution < -0.4 is 5.32 Å². The number of aromatic nitrogens is 3. The first-order valence-corrected chi connectivity index (χ1v) is 8.40. The Hall–Kier alpha value is -3.22. The number of halogens is 1. The lowest BCUT2D eigenvalue weighted by molar-refractivity contribution is 0.0944. The Morgan fingerprint density at radius 1 is 1.19 bits per heavy atom. The van der Waals surface area contributed by atoms with E-state index in [4.69, 9.17) is 0 Å². The first-order chi connectivity index (χ1) is 12.6. The van der Waals surface area contributed by atoms with E-state index in [-0.39, 0.29) is 35.6 Å². The number of hydrogen-bond donors (Lipinski definition) is 2. The third-order valence-corrected chi connectivity index (χ3v) is 4.39. The lowest BCUT2D eigenvalue weighted by atomic mass is 10.1. The molecule has 6 nitrogen and oxygen atoms in total. The molecule has 1 amide bonds. The van der Waals surface area contributed by atoms with Gasteiger partial charge >= 0.3 is 0 Å². The van der Waals surface area contributed by atoms with Crippen molar-refractivity contribution in [3.8, 4) is 11.4 Å². The third-order valence-electron chi connectivity index (χ3n) is 4.39. The molecule has 1 aromatic heterocycles. The molecule has 3 aromatic rings. The molecule has 1 saturated carbocycles. The normalized spacial score (nSPS) is 13.6. The summed E-state index contributed by atoms with van der Waals surface area (Å²) in [7, 11) is 0. The van der Waals surface area contributed by atoms with Crippen molar-refractivity contribution < 1.29 is 14.3 Å². The van der Waals surface area contributed by atoms with Crippen LogP contribution in [0.5, 0.6) is 5.75 Å². The zero-order valence-corrected chi connectivity index (χ0v) is 13.9. The summed E-state index contributed by atoms with van der Waals surface area (Å²) in [6.45, 7) is 0.193. The molecule has 2 aromatic carbocycles. The molecule has 1 fully saturated rings. The molecule has 0 atom stereocenters. The van der Waals surface area contributed by atoms with Crippen molar-refractivity contribution in [3.63, 3.8) is 0 Å². The largest absolute Gasteiger partial charge is 0.508 e. The van der Waals surface area contributed by atoms with Crippen molar-refractivity contribution in [2.24, 2.45) is 0 Å². The summed E-state index contributed by atoms with van der Waals surface area (Å²) in [6, 6.07) is 12.8. The highest BCUT2D eigenvalue weighted by Crippen LogP contribution is 2.42. The number of rotatable bonds is 5. The fourth-order valence-corrected chi connectivity index (χ4v) is 2.87. The summed E-state index contributed by atoms with van der Waals surface area (Å²) in [4.78, 5) is 12.6. The molecule has 1 heterocycles. The molecule has 0 saturated heterocycles. The molecule has 0 bridgehead atoms. The summed E-state index contributed by atoms with van der Waals surface area (Å²) in [5.41, 5.74) is 2.30. The number of nitrogens with one attached hydrogen (secondary N) is 1. The van der Waals surface area contributed by atoms with Gasteiger partial charge in [-0.2, -0.15) is 0 Å². The van der Waals surface area contributed by atoms with E-state index in [0.29, 0.717) is 11.3 Å². The number of phenols is 1. The average Bonchev–Trinajstić information content (AvgIpc) is 3.39. The Labute approximate surface area is 149 Å². The number of phenolic OH excluding ortho intramolecular Hbond substituents is 1. The fourth-order valence-electron chi connectivity index (χ4n) is 2.87. The van der Waals surface area contributed by atoms with Gasteiger partial charge in [0.25, 0.3) is 5.91 Å². The molecule has 2 N–H and O–H groups in total. The van der Waals surface area contributed by atoms with Gasteiger partial charge in [0.2, 0.25) is 0 Å². The number of amides is 1. The van der Waals surface area contributed by atoms with Gasteiger partial charge in [0.1, 0.15) is 11.6 Å². The van der Waals surface area contributed by atoms with Crippen molar-refractivity contribution in [1.82, 2.24) is 20.3 Å². The summed E-state index contributed by atoms with van der Waals surface area (Å²) in [6.07, 6.45) is 1.93. The second-order valence-electron chi connectivity index (χ2n) is 6.30. The lowest BCUT2D eigenvalue weighted by Gasteiger charge is -2.08. The number of para-hydroxylation sites is 1.